The van der Waals surface area contributed by atoms with E-state index in [-0.39, 0.29) is 25.6 Å². The molecule has 0 aromatic carbocycles. The van der Waals surface area contributed by atoms with Crippen molar-refractivity contribution in [1.82, 2.24) is 0 Å². The number of hydrogen-bond donors (Lipinski definition) is 3. The van der Waals surface area contributed by atoms with Crippen LogP contribution in [0.15, 0.2) is 24.3 Å². The molecule has 0 bridgehead atoms. The van der Waals surface area contributed by atoms with Gasteiger partial charge in [-0.1, -0.05) is 173 Å². The van der Waals surface area contributed by atoms with E-state index in [1.165, 1.54) is 141 Å². The SMILES string of the molecule is CCCCCCCCC/C=C\CCCCCCCCCC(=O)OC(COCCCCCCCC/C=C\CCCCCCCCC)COP(=O)(O)OCC(O)CO. The first-order valence-corrected chi connectivity index (χ1v) is 24.8. The Hall–Kier alpha value is -1.06. The third kappa shape index (κ3) is 42.5. The number of aliphatic hydroxyl groups excluding tert-OH is 2. The van der Waals surface area contributed by atoms with Gasteiger partial charge in [0, 0.05) is 13.0 Å². The zero-order valence-corrected chi connectivity index (χ0v) is 37.3. The van der Waals surface area contributed by atoms with Gasteiger partial charge in [-0.25, -0.2) is 4.57 Å². The summed E-state index contributed by atoms with van der Waals surface area (Å²) in [5, 5.41) is 18.4. The molecule has 56 heavy (non-hydrogen) atoms. The van der Waals surface area contributed by atoms with Gasteiger partial charge in [0.2, 0.25) is 0 Å². The highest BCUT2D eigenvalue weighted by Gasteiger charge is 2.26. The predicted molar refractivity (Wildman–Crippen MR) is 233 cm³/mol. The van der Waals surface area contributed by atoms with Crippen molar-refractivity contribution in [2.75, 3.05) is 33.0 Å². The van der Waals surface area contributed by atoms with Gasteiger partial charge in [-0.3, -0.25) is 13.8 Å². The number of phosphoric acid groups is 1. The van der Waals surface area contributed by atoms with Crippen LogP contribution in [0, 0.1) is 0 Å². The van der Waals surface area contributed by atoms with Gasteiger partial charge in [0.25, 0.3) is 0 Å². The van der Waals surface area contributed by atoms with Crippen molar-refractivity contribution in [2.45, 2.75) is 232 Å². The van der Waals surface area contributed by atoms with Crippen LogP contribution in [0.25, 0.3) is 0 Å². The van der Waals surface area contributed by atoms with E-state index in [9.17, 15) is 19.4 Å². The Kier molecular flexibility index (Phi) is 42.7. The van der Waals surface area contributed by atoms with Crippen LogP contribution in [0.4, 0.5) is 0 Å². The Morgan fingerprint density at radius 1 is 0.536 bits per heavy atom. The fourth-order valence-electron chi connectivity index (χ4n) is 6.52. The molecule has 332 valence electrons. The molecule has 0 saturated heterocycles. The average molecular weight is 817 g/mol. The van der Waals surface area contributed by atoms with Crippen LogP contribution in [0.5, 0.6) is 0 Å². The summed E-state index contributed by atoms with van der Waals surface area (Å²) in [4.78, 5) is 22.6. The van der Waals surface area contributed by atoms with Crippen LogP contribution in [0.1, 0.15) is 219 Å². The van der Waals surface area contributed by atoms with Gasteiger partial charge < -0.3 is 24.6 Å². The molecule has 3 N–H and O–H groups in total. The van der Waals surface area contributed by atoms with Gasteiger partial charge in [-0.15, -0.1) is 0 Å². The van der Waals surface area contributed by atoms with E-state index in [2.05, 4.69) is 38.2 Å². The summed E-state index contributed by atoms with van der Waals surface area (Å²) in [5.41, 5.74) is 0. The highest BCUT2D eigenvalue weighted by Crippen LogP contribution is 2.43. The summed E-state index contributed by atoms with van der Waals surface area (Å²) >= 11 is 0. The molecule has 0 radical (unpaired) electrons. The van der Waals surface area contributed by atoms with E-state index in [0.29, 0.717) is 6.61 Å². The van der Waals surface area contributed by atoms with Crippen LogP contribution in [-0.4, -0.2) is 66.3 Å². The number of esters is 1. The minimum Gasteiger partial charge on any atom is -0.457 e. The molecular weight excluding hydrogens is 727 g/mol. The molecule has 0 aromatic rings. The zero-order chi connectivity index (χ0) is 41.1. The second-order valence-electron chi connectivity index (χ2n) is 15.8. The predicted octanol–water partition coefficient (Wildman–Crippen LogP) is 13.0. The molecule has 0 rings (SSSR count). The first-order valence-electron chi connectivity index (χ1n) is 23.3. The Morgan fingerprint density at radius 3 is 1.34 bits per heavy atom. The molecule has 0 fully saturated rings. The fraction of sp³-hybridized carbons (Fsp3) is 0.891. The quantitative estimate of drug-likeness (QED) is 0.0238. The monoisotopic (exact) mass is 817 g/mol. The number of allylic oxidation sites excluding steroid dienone is 4. The summed E-state index contributed by atoms with van der Waals surface area (Å²) in [6.07, 6.45) is 45.6. The third-order valence-corrected chi connectivity index (χ3v) is 11.1. The average Bonchev–Trinajstić information content (AvgIpc) is 3.19. The van der Waals surface area contributed by atoms with E-state index in [1.807, 2.05) is 0 Å². The zero-order valence-electron chi connectivity index (χ0n) is 36.4. The first-order chi connectivity index (χ1) is 27.3. The largest absolute Gasteiger partial charge is 0.472 e. The topological polar surface area (TPSA) is 132 Å². The van der Waals surface area contributed by atoms with Crippen LogP contribution in [0.2, 0.25) is 0 Å². The molecule has 3 atom stereocenters. The summed E-state index contributed by atoms with van der Waals surface area (Å²) in [6, 6.07) is 0. The molecule has 0 amide bonds. The molecule has 0 heterocycles. The Balaban J connectivity index is 4.14. The smallest absolute Gasteiger partial charge is 0.457 e. The van der Waals surface area contributed by atoms with Gasteiger partial charge in [0.15, 0.2) is 0 Å². The lowest BCUT2D eigenvalue weighted by Gasteiger charge is -2.20. The molecule has 0 aliphatic heterocycles. The van der Waals surface area contributed by atoms with Crippen LogP contribution >= 0.6 is 7.82 Å². The number of hydrogen-bond acceptors (Lipinski definition) is 8. The molecule has 10 heteroatoms. The summed E-state index contributed by atoms with van der Waals surface area (Å²) < 4.78 is 33.4. The van der Waals surface area contributed by atoms with Crippen LogP contribution in [-0.2, 0) is 27.9 Å². The van der Waals surface area contributed by atoms with Crippen molar-refractivity contribution >= 4 is 13.8 Å². The number of phosphoric ester groups is 1. The number of ether oxygens (including phenoxy) is 2. The van der Waals surface area contributed by atoms with Gasteiger partial charge in [0.05, 0.1) is 26.4 Å². The molecule has 0 spiro atoms. The molecular formula is C46H89O9P. The molecule has 0 aliphatic carbocycles. The normalized spacial score (nSPS) is 14.2. The number of rotatable bonds is 45. The Bertz CT molecular complexity index is 928. The Labute approximate surface area is 344 Å². The second kappa shape index (κ2) is 43.5. The minimum atomic E-state index is -4.52. The van der Waals surface area contributed by atoms with Crippen LogP contribution < -0.4 is 0 Å². The van der Waals surface area contributed by atoms with Gasteiger partial charge in [-0.2, -0.15) is 0 Å². The van der Waals surface area contributed by atoms with Crippen LogP contribution in [0.3, 0.4) is 0 Å². The highest BCUT2D eigenvalue weighted by molar-refractivity contribution is 7.47. The molecule has 3 unspecified atom stereocenters. The minimum absolute atomic E-state index is 0.0461. The van der Waals surface area contributed by atoms with Crippen molar-refractivity contribution in [2.24, 2.45) is 0 Å². The van der Waals surface area contributed by atoms with E-state index in [4.69, 9.17) is 23.6 Å². The van der Waals surface area contributed by atoms with Crippen molar-refractivity contribution in [3.05, 3.63) is 24.3 Å². The maximum absolute atomic E-state index is 12.6. The lowest BCUT2D eigenvalue weighted by Crippen LogP contribution is -2.29. The van der Waals surface area contributed by atoms with Gasteiger partial charge >= 0.3 is 13.8 Å². The maximum Gasteiger partial charge on any atom is 0.472 e. The standard InChI is InChI=1S/C46H89O9P/c1-3-5-7-9-11-13-15-17-19-21-22-24-26-28-30-32-34-36-38-46(49)55-45(43-54-56(50,51)53-41-44(48)40-47)42-52-39-37-35-33-31-29-27-25-23-20-18-16-14-12-10-8-6-4-2/h19-21,23,44-45,47-48H,3-18,22,24-43H2,1-2H3,(H,50,51)/b21-19-,23-20-. The van der Waals surface area contributed by atoms with E-state index < -0.39 is 33.2 Å². The summed E-state index contributed by atoms with van der Waals surface area (Å²) in [6.45, 7) is 3.53. The number of aliphatic hydroxyl groups is 2. The summed E-state index contributed by atoms with van der Waals surface area (Å²) in [5.74, 6) is -0.387. The van der Waals surface area contributed by atoms with Crippen molar-refractivity contribution in [1.29, 1.82) is 0 Å². The molecule has 0 saturated carbocycles. The highest BCUT2D eigenvalue weighted by atomic mass is 31.2. The van der Waals surface area contributed by atoms with E-state index in [0.717, 1.165) is 57.8 Å². The van der Waals surface area contributed by atoms with Gasteiger partial charge in [0.1, 0.15) is 12.2 Å². The van der Waals surface area contributed by atoms with E-state index in [1.54, 1.807) is 0 Å². The lowest BCUT2D eigenvalue weighted by atomic mass is 10.1. The second-order valence-corrected chi connectivity index (χ2v) is 17.2. The molecule has 0 aliphatic rings. The lowest BCUT2D eigenvalue weighted by molar-refractivity contribution is -0.154. The fourth-order valence-corrected chi connectivity index (χ4v) is 7.31. The maximum atomic E-state index is 12.6. The summed E-state index contributed by atoms with van der Waals surface area (Å²) in [7, 11) is -4.52. The van der Waals surface area contributed by atoms with Gasteiger partial charge in [-0.05, 0) is 64.2 Å². The van der Waals surface area contributed by atoms with Crippen molar-refractivity contribution in [3.63, 3.8) is 0 Å². The third-order valence-electron chi connectivity index (χ3n) is 10.1. The molecule has 0 aromatic heterocycles. The number of carbonyl (C=O) groups excluding carboxylic acids is 1. The van der Waals surface area contributed by atoms with Crippen molar-refractivity contribution < 1.29 is 43.0 Å². The Morgan fingerprint density at radius 2 is 0.911 bits per heavy atom. The first kappa shape index (κ1) is 54.9. The number of carbonyl (C=O) groups is 1. The van der Waals surface area contributed by atoms with E-state index >= 15 is 0 Å². The molecule has 9 nitrogen and oxygen atoms in total. The van der Waals surface area contributed by atoms with Crippen molar-refractivity contribution in [3.8, 4) is 0 Å². The number of unbranched alkanes of at least 4 members (excludes halogenated alkanes) is 27.